The van der Waals surface area contributed by atoms with Crippen LogP contribution in [0.4, 0.5) is 5.00 Å². The van der Waals surface area contributed by atoms with Gasteiger partial charge >= 0.3 is 0 Å². The van der Waals surface area contributed by atoms with E-state index >= 15 is 0 Å². The fraction of sp³-hybridized carbons (Fsp3) is 0.667. The smallest absolute Gasteiger partial charge is 0.237 e. The van der Waals surface area contributed by atoms with Crippen LogP contribution in [0, 0.1) is 11.3 Å². The molecule has 3 aliphatic rings. The minimum absolute atomic E-state index is 0.0113. The number of hydrogen-bond donors (Lipinski definition) is 2. The Balaban J connectivity index is 1.44. The van der Waals surface area contributed by atoms with E-state index in [4.69, 9.17) is 0 Å². The molecule has 0 spiro atoms. The predicted molar refractivity (Wildman–Crippen MR) is 95.5 cm³/mol. The second-order valence-corrected chi connectivity index (χ2v) is 8.18. The zero-order valence-electron chi connectivity index (χ0n) is 13.9. The van der Waals surface area contributed by atoms with E-state index < -0.39 is 0 Å². The average molecular weight is 344 g/mol. The molecule has 5 nitrogen and oxygen atoms in total. The zero-order chi connectivity index (χ0) is 16.5. The van der Waals surface area contributed by atoms with E-state index in [9.17, 15) is 10.1 Å². The van der Waals surface area contributed by atoms with Gasteiger partial charge in [-0.2, -0.15) is 5.26 Å². The summed E-state index contributed by atoms with van der Waals surface area (Å²) in [6.45, 7) is 2.70. The number of amides is 1. The van der Waals surface area contributed by atoms with Gasteiger partial charge in [0.1, 0.15) is 11.1 Å². The molecule has 0 unspecified atom stereocenters. The summed E-state index contributed by atoms with van der Waals surface area (Å²) >= 11 is 1.81. The summed E-state index contributed by atoms with van der Waals surface area (Å²) in [6.07, 6.45) is 7.60. The summed E-state index contributed by atoms with van der Waals surface area (Å²) in [4.78, 5) is 16.0. The molecule has 6 heteroatoms. The van der Waals surface area contributed by atoms with Crippen LogP contribution in [0.25, 0.3) is 0 Å². The van der Waals surface area contributed by atoms with Crippen molar-refractivity contribution in [3.8, 4) is 6.07 Å². The fourth-order valence-corrected chi connectivity index (χ4v) is 5.54. The van der Waals surface area contributed by atoms with Crippen LogP contribution in [0.1, 0.15) is 48.1 Å². The molecule has 2 aliphatic heterocycles. The molecule has 1 aromatic rings. The fourth-order valence-electron chi connectivity index (χ4n) is 4.16. The molecule has 1 aliphatic carbocycles. The number of nitriles is 1. The number of hydrogen-bond acceptors (Lipinski definition) is 5. The van der Waals surface area contributed by atoms with Gasteiger partial charge in [0.15, 0.2) is 0 Å². The normalized spacial score (nSPS) is 26.2. The van der Waals surface area contributed by atoms with Crippen LogP contribution >= 0.6 is 11.3 Å². The summed E-state index contributed by atoms with van der Waals surface area (Å²) in [5.41, 5.74) is 2.20. The minimum atomic E-state index is -0.0113. The molecule has 2 N–H and O–H groups in total. The summed E-state index contributed by atoms with van der Waals surface area (Å²) in [7, 11) is 0. The molecule has 3 heterocycles. The largest absolute Gasteiger partial charge is 0.360 e. The average Bonchev–Trinajstić information content (AvgIpc) is 3.33. The Labute approximate surface area is 147 Å². The number of rotatable bonds is 3. The maximum atomic E-state index is 12.3. The van der Waals surface area contributed by atoms with E-state index in [-0.39, 0.29) is 18.0 Å². The molecule has 2 saturated heterocycles. The number of thiophene rings is 1. The Morgan fingerprint density at radius 3 is 2.96 bits per heavy atom. The lowest BCUT2D eigenvalue weighted by Gasteiger charge is -2.19. The Hall–Kier alpha value is -1.58. The first-order chi connectivity index (χ1) is 11.8. The van der Waals surface area contributed by atoms with E-state index in [1.54, 1.807) is 0 Å². The first-order valence-corrected chi connectivity index (χ1v) is 9.91. The molecule has 0 bridgehead atoms. The van der Waals surface area contributed by atoms with Gasteiger partial charge < -0.3 is 15.5 Å². The highest BCUT2D eigenvalue weighted by Gasteiger charge is 2.31. The molecule has 2 fully saturated rings. The third-order valence-electron chi connectivity index (χ3n) is 5.46. The van der Waals surface area contributed by atoms with Gasteiger partial charge in [0.2, 0.25) is 5.91 Å². The number of anilines is 1. The monoisotopic (exact) mass is 344 g/mol. The maximum absolute atomic E-state index is 12.3. The van der Waals surface area contributed by atoms with Crippen molar-refractivity contribution in [2.45, 2.75) is 57.0 Å². The Morgan fingerprint density at radius 1 is 1.29 bits per heavy atom. The number of nitrogens with zero attached hydrogens (tertiary/aromatic N) is 2. The highest BCUT2D eigenvalue weighted by atomic mass is 32.1. The lowest BCUT2D eigenvalue weighted by Crippen LogP contribution is -2.46. The van der Waals surface area contributed by atoms with Gasteiger partial charge in [0.25, 0.3) is 0 Å². The van der Waals surface area contributed by atoms with Gasteiger partial charge in [-0.05, 0) is 57.1 Å². The SMILES string of the molecule is N#Cc1c(N2CC[C@H](NC(=O)[C@@H]3CCCN3)C2)sc2c1CCCC2. The Morgan fingerprint density at radius 2 is 2.17 bits per heavy atom. The van der Waals surface area contributed by atoms with Crippen molar-refractivity contribution in [3.05, 3.63) is 16.0 Å². The van der Waals surface area contributed by atoms with Gasteiger partial charge in [0, 0.05) is 24.0 Å². The molecule has 0 aromatic carbocycles. The quantitative estimate of drug-likeness (QED) is 0.879. The minimum Gasteiger partial charge on any atom is -0.360 e. The second kappa shape index (κ2) is 6.73. The van der Waals surface area contributed by atoms with Crippen molar-refractivity contribution in [1.29, 1.82) is 5.26 Å². The number of nitrogens with one attached hydrogen (secondary N) is 2. The molecule has 24 heavy (non-hydrogen) atoms. The van der Waals surface area contributed by atoms with Crippen molar-refractivity contribution in [2.24, 2.45) is 0 Å². The number of carbonyl (C=O) groups excluding carboxylic acids is 1. The molecular formula is C18H24N4OS. The second-order valence-electron chi connectivity index (χ2n) is 7.09. The molecule has 1 amide bonds. The summed E-state index contributed by atoms with van der Waals surface area (Å²) in [6, 6.07) is 2.64. The van der Waals surface area contributed by atoms with Crippen LogP contribution in [0.2, 0.25) is 0 Å². The molecule has 0 radical (unpaired) electrons. The predicted octanol–water partition coefficient (Wildman–Crippen LogP) is 1.95. The highest BCUT2D eigenvalue weighted by molar-refractivity contribution is 7.16. The lowest BCUT2D eigenvalue weighted by molar-refractivity contribution is -0.123. The van der Waals surface area contributed by atoms with E-state index in [0.717, 1.165) is 62.3 Å². The molecule has 128 valence electrons. The van der Waals surface area contributed by atoms with Crippen LogP contribution in [0.15, 0.2) is 0 Å². The van der Waals surface area contributed by atoms with E-state index in [0.29, 0.717) is 0 Å². The number of fused-ring (bicyclic) bond motifs is 1. The van der Waals surface area contributed by atoms with Crippen molar-refractivity contribution < 1.29 is 4.79 Å². The van der Waals surface area contributed by atoms with Gasteiger partial charge in [-0.1, -0.05) is 0 Å². The molecule has 0 saturated carbocycles. The van der Waals surface area contributed by atoms with Gasteiger partial charge in [0.05, 0.1) is 11.6 Å². The maximum Gasteiger partial charge on any atom is 0.237 e. The lowest BCUT2D eigenvalue weighted by atomic mass is 9.96. The Kier molecular flexibility index (Phi) is 4.47. The van der Waals surface area contributed by atoms with Crippen LogP contribution in [0.3, 0.4) is 0 Å². The summed E-state index contributed by atoms with van der Waals surface area (Å²) < 4.78 is 0. The van der Waals surface area contributed by atoms with Gasteiger partial charge in [-0.3, -0.25) is 4.79 Å². The van der Waals surface area contributed by atoms with E-state index in [2.05, 4.69) is 21.6 Å². The van der Waals surface area contributed by atoms with Crippen LogP contribution in [-0.4, -0.2) is 37.6 Å². The number of aryl methyl sites for hydroxylation is 1. The van der Waals surface area contributed by atoms with Gasteiger partial charge in [-0.25, -0.2) is 0 Å². The molecule has 1 aromatic heterocycles. The van der Waals surface area contributed by atoms with Crippen LogP contribution in [-0.2, 0) is 17.6 Å². The van der Waals surface area contributed by atoms with Gasteiger partial charge in [-0.15, -0.1) is 11.3 Å². The van der Waals surface area contributed by atoms with E-state index in [1.807, 2.05) is 11.3 Å². The third-order valence-corrected chi connectivity index (χ3v) is 6.82. The van der Waals surface area contributed by atoms with Crippen molar-refractivity contribution in [3.63, 3.8) is 0 Å². The molecular weight excluding hydrogens is 320 g/mol. The van der Waals surface area contributed by atoms with Crippen molar-refractivity contribution in [1.82, 2.24) is 10.6 Å². The standard InChI is InChI=1S/C18H24N4OS/c19-10-14-13-4-1-2-6-16(13)24-18(14)22-9-7-12(11-22)21-17(23)15-5-3-8-20-15/h12,15,20H,1-9,11H2,(H,21,23)/t12-,15-/m0/s1. The van der Waals surface area contributed by atoms with Crippen LogP contribution in [0.5, 0.6) is 0 Å². The molecule has 4 rings (SSSR count). The van der Waals surface area contributed by atoms with Crippen molar-refractivity contribution >= 4 is 22.2 Å². The zero-order valence-corrected chi connectivity index (χ0v) is 14.8. The van der Waals surface area contributed by atoms with Crippen molar-refractivity contribution in [2.75, 3.05) is 24.5 Å². The highest BCUT2D eigenvalue weighted by Crippen LogP contribution is 2.40. The first-order valence-electron chi connectivity index (χ1n) is 9.09. The Bertz CT molecular complexity index is 671. The summed E-state index contributed by atoms with van der Waals surface area (Å²) in [5.74, 6) is 0.144. The number of carbonyl (C=O) groups is 1. The topological polar surface area (TPSA) is 68.2 Å². The summed E-state index contributed by atoms with van der Waals surface area (Å²) in [5, 5.41) is 17.2. The van der Waals surface area contributed by atoms with E-state index in [1.165, 1.54) is 23.3 Å². The first kappa shape index (κ1) is 15.9. The van der Waals surface area contributed by atoms with Crippen LogP contribution < -0.4 is 15.5 Å². The third kappa shape index (κ3) is 2.91. The molecule has 2 atom stereocenters.